The largest absolute Gasteiger partial charge is 0.415 e. The van der Waals surface area contributed by atoms with Gasteiger partial charge in [0.15, 0.2) is 8.32 Å². The van der Waals surface area contributed by atoms with Crippen LogP contribution in [0, 0.1) is 0 Å². The molecule has 41 heavy (non-hydrogen) atoms. The third-order valence-electron chi connectivity index (χ3n) is 8.51. The van der Waals surface area contributed by atoms with Gasteiger partial charge in [-0.2, -0.15) is 0 Å². The van der Waals surface area contributed by atoms with E-state index in [0.29, 0.717) is 6.61 Å². The van der Waals surface area contributed by atoms with Crippen LogP contribution in [0.1, 0.15) is 116 Å². The Balaban J connectivity index is 2.02. The average molecular weight is 578 g/mol. The Bertz CT molecular complexity index is 953. The minimum atomic E-state index is -2.00. The molecule has 2 rings (SSSR count). The number of aliphatic imine (C=N–C) groups is 1. The Morgan fingerprint density at radius 1 is 0.780 bits per heavy atom. The molecule has 0 bridgehead atoms. The molecule has 4 heteroatoms. The van der Waals surface area contributed by atoms with Gasteiger partial charge in [-0.1, -0.05) is 165 Å². The number of rotatable bonds is 20. The van der Waals surface area contributed by atoms with Crippen LogP contribution in [-0.2, 0) is 4.43 Å². The molecule has 0 unspecified atom stereocenters. The quantitative estimate of drug-likeness (QED) is 0.0736. The lowest BCUT2D eigenvalue weighted by Gasteiger charge is -2.37. The second-order valence-electron chi connectivity index (χ2n) is 13.1. The zero-order chi connectivity index (χ0) is 30.0. The molecule has 0 saturated heterocycles. The fourth-order valence-electron chi connectivity index (χ4n) is 4.69. The van der Waals surface area contributed by atoms with E-state index in [1.807, 2.05) is 42.5 Å². The lowest BCUT2D eigenvalue weighted by atomic mass is 10.0. The van der Waals surface area contributed by atoms with Crippen molar-refractivity contribution in [3.63, 3.8) is 0 Å². The summed E-state index contributed by atoms with van der Waals surface area (Å²) < 4.78 is 6.61. The van der Waals surface area contributed by atoms with Gasteiger partial charge in [0.25, 0.3) is 0 Å². The number of aliphatic hydroxyl groups is 1. The summed E-state index contributed by atoms with van der Waals surface area (Å²) >= 11 is 0. The number of nitrogens with zero attached hydrogens (tertiary/aromatic N) is 1. The third-order valence-corrected chi connectivity index (χ3v) is 13.0. The molecule has 1 N–H and O–H groups in total. The van der Waals surface area contributed by atoms with Crippen LogP contribution in [0.15, 0.2) is 77.8 Å². The van der Waals surface area contributed by atoms with Crippen molar-refractivity contribution in [3.05, 3.63) is 83.9 Å². The van der Waals surface area contributed by atoms with E-state index in [9.17, 15) is 5.11 Å². The van der Waals surface area contributed by atoms with Crippen LogP contribution in [0.25, 0.3) is 0 Å². The first-order valence-electron chi connectivity index (χ1n) is 16.3. The fraction of sp³-hybridized carbons (Fsp3) is 0.595. The highest BCUT2D eigenvalue weighted by molar-refractivity contribution is 6.74. The van der Waals surface area contributed by atoms with Gasteiger partial charge in [-0.25, -0.2) is 0 Å². The van der Waals surface area contributed by atoms with Gasteiger partial charge in [0.1, 0.15) is 6.04 Å². The van der Waals surface area contributed by atoms with Crippen LogP contribution in [0.5, 0.6) is 0 Å². The molecule has 0 heterocycles. The highest BCUT2D eigenvalue weighted by Crippen LogP contribution is 2.36. The predicted molar refractivity (Wildman–Crippen MR) is 182 cm³/mol. The Morgan fingerprint density at radius 3 is 1.71 bits per heavy atom. The number of hydrogen-bond acceptors (Lipinski definition) is 3. The molecule has 2 aromatic rings. The Hall–Kier alpha value is -2.01. The van der Waals surface area contributed by atoms with E-state index in [0.717, 1.165) is 23.3 Å². The first-order chi connectivity index (χ1) is 19.7. The fourth-order valence-corrected chi connectivity index (χ4v) is 5.71. The first kappa shape index (κ1) is 35.2. The van der Waals surface area contributed by atoms with Crippen LogP contribution in [0.4, 0.5) is 0 Å². The van der Waals surface area contributed by atoms with Crippen LogP contribution in [0.3, 0.4) is 0 Å². The highest BCUT2D eigenvalue weighted by Gasteiger charge is 2.38. The Kier molecular flexibility index (Phi) is 16.5. The van der Waals surface area contributed by atoms with Crippen LogP contribution in [-0.4, -0.2) is 37.9 Å². The number of benzene rings is 2. The lowest BCUT2D eigenvalue weighted by Crippen LogP contribution is -2.44. The molecule has 0 amide bonds. The second kappa shape index (κ2) is 19.2. The molecule has 0 spiro atoms. The van der Waals surface area contributed by atoms with E-state index in [2.05, 4.69) is 71.1 Å². The molecule has 2 atom stereocenters. The van der Waals surface area contributed by atoms with Gasteiger partial charge in [0.2, 0.25) is 0 Å². The van der Waals surface area contributed by atoms with Crippen LogP contribution >= 0.6 is 0 Å². The zero-order valence-corrected chi connectivity index (χ0v) is 28.1. The molecule has 0 fully saturated rings. The summed E-state index contributed by atoms with van der Waals surface area (Å²) in [5.41, 5.74) is 2.99. The minimum Gasteiger partial charge on any atom is -0.415 e. The molecule has 228 valence electrons. The summed E-state index contributed by atoms with van der Waals surface area (Å²) in [4.78, 5) is 5.19. The molecule has 0 aliphatic carbocycles. The van der Waals surface area contributed by atoms with E-state index in [-0.39, 0.29) is 11.1 Å². The smallest absolute Gasteiger partial charge is 0.192 e. The van der Waals surface area contributed by atoms with Gasteiger partial charge in [0, 0.05) is 11.1 Å². The number of hydrogen-bond donors (Lipinski definition) is 1. The zero-order valence-electron chi connectivity index (χ0n) is 27.1. The molecule has 2 aromatic carbocycles. The van der Waals surface area contributed by atoms with E-state index >= 15 is 0 Å². The van der Waals surface area contributed by atoms with Crippen molar-refractivity contribution in [2.75, 3.05) is 6.61 Å². The molecule has 0 aromatic heterocycles. The predicted octanol–water partition coefficient (Wildman–Crippen LogP) is 10.5. The molecular formula is C37H59NO2Si. The van der Waals surface area contributed by atoms with E-state index < -0.39 is 14.4 Å². The Morgan fingerprint density at radius 2 is 1.24 bits per heavy atom. The molecule has 0 aliphatic rings. The molecule has 0 saturated carbocycles. The highest BCUT2D eigenvalue weighted by atomic mass is 28.4. The number of aliphatic hydroxyl groups excluding tert-OH is 1. The average Bonchev–Trinajstić information content (AvgIpc) is 2.96. The summed E-state index contributed by atoms with van der Waals surface area (Å²) in [6.45, 7) is 14.0. The van der Waals surface area contributed by atoms with Gasteiger partial charge in [-0.15, -0.1) is 0 Å². The molecular weight excluding hydrogens is 518 g/mol. The number of allylic oxidation sites excluding steroid dienone is 1. The van der Waals surface area contributed by atoms with Crippen molar-refractivity contribution in [2.24, 2.45) is 4.99 Å². The summed E-state index contributed by atoms with van der Waals surface area (Å²) in [6, 6.07) is 20.2. The van der Waals surface area contributed by atoms with Gasteiger partial charge in [-0.3, -0.25) is 4.99 Å². The van der Waals surface area contributed by atoms with Gasteiger partial charge < -0.3 is 9.53 Å². The molecule has 0 radical (unpaired) electrons. The van der Waals surface area contributed by atoms with E-state index in [4.69, 9.17) is 9.42 Å². The summed E-state index contributed by atoms with van der Waals surface area (Å²) in [5.74, 6) is 0. The maximum absolute atomic E-state index is 11.4. The van der Waals surface area contributed by atoms with E-state index in [1.165, 1.54) is 70.6 Å². The molecule has 0 aliphatic heterocycles. The van der Waals surface area contributed by atoms with Crippen LogP contribution < -0.4 is 0 Å². The van der Waals surface area contributed by atoms with Crippen molar-refractivity contribution < 1.29 is 9.53 Å². The summed E-state index contributed by atoms with van der Waals surface area (Å²) in [5, 5.41) is 11.5. The minimum absolute atomic E-state index is 0.0960. The molecule has 3 nitrogen and oxygen atoms in total. The van der Waals surface area contributed by atoms with Gasteiger partial charge in [0.05, 0.1) is 18.4 Å². The summed E-state index contributed by atoms with van der Waals surface area (Å²) in [7, 11) is -2.00. The maximum atomic E-state index is 11.4. The van der Waals surface area contributed by atoms with Crippen molar-refractivity contribution in [3.8, 4) is 0 Å². The van der Waals surface area contributed by atoms with Crippen LogP contribution in [0.2, 0.25) is 18.1 Å². The summed E-state index contributed by atoms with van der Waals surface area (Å²) in [6.07, 6.45) is 19.2. The third kappa shape index (κ3) is 13.7. The topological polar surface area (TPSA) is 41.8 Å². The van der Waals surface area contributed by atoms with Crippen molar-refractivity contribution in [2.45, 2.75) is 135 Å². The van der Waals surface area contributed by atoms with Gasteiger partial charge >= 0.3 is 0 Å². The van der Waals surface area contributed by atoms with Crippen molar-refractivity contribution in [1.29, 1.82) is 0 Å². The maximum Gasteiger partial charge on any atom is 0.192 e. The standard InChI is InChI=1S/C37H59NO2Si/c1-7-8-9-10-11-12-13-14-15-16-17-18-25-30-35(39)34(31-40-41(5,6)37(2,3)4)38-36(32-26-21-19-22-27-32)33-28-23-20-24-29-33/h19-30,34-35,39H,7-18,31H2,1-6H3/b30-25+/t34-,35+/m1/s1. The second-order valence-corrected chi connectivity index (χ2v) is 17.9. The van der Waals surface area contributed by atoms with Crippen molar-refractivity contribution >= 4 is 14.0 Å². The Labute approximate surface area is 253 Å². The lowest BCUT2D eigenvalue weighted by molar-refractivity contribution is 0.147. The monoisotopic (exact) mass is 577 g/mol. The van der Waals surface area contributed by atoms with E-state index in [1.54, 1.807) is 0 Å². The SMILES string of the molecule is CCCCCCCCCCCCC/C=C/[C@H](O)[C@@H](CO[Si](C)(C)C(C)(C)C)N=C(c1ccccc1)c1ccccc1. The normalized spacial score (nSPS) is 13.8. The number of unbranched alkanes of at least 4 members (excludes halogenated alkanes) is 11. The van der Waals surface area contributed by atoms with Gasteiger partial charge in [-0.05, 0) is 31.0 Å². The first-order valence-corrected chi connectivity index (χ1v) is 19.2. The van der Waals surface area contributed by atoms with Crippen molar-refractivity contribution in [1.82, 2.24) is 0 Å².